The molecule has 0 amide bonds. The Morgan fingerprint density at radius 1 is 1.33 bits per heavy atom. The van der Waals surface area contributed by atoms with Gasteiger partial charge in [-0.15, -0.1) is 0 Å². The molecule has 0 aromatic heterocycles. The highest BCUT2D eigenvalue weighted by Crippen LogP contribution is 2.39. The first-order chi connectivity index (χ1) is 8.30. The van der Waals surface area contributed by atoms with Gasteiger partial charge in [0, 0.05) is 11.5 Å². The highest BCUT2D eigenvalue weighted by atomic mass is 19.4. The van der Waals surface area contributed by atoms with Crippen LogP contribution in [0.1, 0.15) is 41.3 Å². The van der Waals surface area contributed by atoms with Gasteiger partial charge in [0.2, 0.25) is 0 Å². The minimum Gasteiger partial charge on any atom is -0.294 e. The Labute approximate surface area is 104 Å². The molecule has 1 fully saturated rings. The summed E-state index contributed by atoms with van der Waals surface area (Å²) in [5.41, 5.74) is 0.125. The minimum atomic E-state index is -4.35. The largest absolute Gasteiger partial charge is 0.416 e. The molecule has 1 atom stereocenters. The molecule has 1 unspecified atom stereocenters. The SMILES string of the molecule is Cc1cc(C(F)(F)F)ccc1C(=O)C(C)C1CC1. The lowest BCUT2D eigenvalue weighted by atomic mass is 9.91. The molecule has 98 valence electrons. The van der Waals surface area contributed by atoms with E-state index in [0.29, 0.717) is 17.0 Å². The van der Waals surface area contributed by atoms with E-state index in [2.05, 4.69) is 0 Å². The fourth-order valence-corrected chi connectivity index (χ4v) is 2.17. The van der Waals surface area contributed by atoms with E-state index in [1.54, 1.807) is 6.92 Å². The molecule has 1 aliphatic rings. The van der Waals surface area contributed by atoms with Crippen LogP contribution in [0.4, 0.5) is 13.2 Å². The highest BCUT2D eigenvalue weighted by Gasteiger charge is 2.35. The van der Waals surface area contributed by atoms with Gasteiger partial charge < -0.3 is 0 Å². The van der Waals surface area contributed by atoms with Crippen LogP contribution in [0.25, 0.3) is 0 Å². The normalized spacial score (nSPS) is 17.6. The number of carbonyl (C=O) groups excluding carboxylic acids is 1. The van der Waals surface area contributed by atoms with E-state index in [1.165, 1.54) is 6.07 Å². The van der Waals surface area contributed by atoms with Crippen LogP contribution >= 0.6 is 0 Å². The lowest BCUT2D eigenvalue weighted by Gasteiger charge is -2.13. The predicted octanol–water partition coefficient (Wildman–Crippen LogP) is 4.24. The van der Waals surface area contributed by atoms with Gasteiger partial charge in [-0.05, 0) is 43.4 Å². The van der Waals surface area contributed by atoms with Crippen LogP contribution < -0.4 is 0 Å². The van der Waals surface area contributed by atoms with Crippen molar-refractivity contribution in [2.75, 3.05) is 0 Å². The monoisotopic (exact) mass is 256 g/mol. The number of aryl methyl sites for hydroxylation is 1. The number of halogens is 3. The number of rotatable bonds is 3. The molecule has 1 aliphatic carbocycles. The summed E-state index contributed by atoms with van der Waals surface area (Å²) in [5.74, 6) is 0.295. The van der Waals surface area contributed by atoms with Crippen LogP contribution in [0.5, 0.6) is 0 Å². The third kappa shape index (κ3) is 2.57. The maximum absolute atomic E-state index is 12.5. The van der Waals surface area contributed by atoms with Gasteiger partial charge in [-0.2, -0.15) is 13.2 Å². The summed E-state index contributed by atoms with van der Waals surface area (Å²) in [7, 11) is 0. The summed E-state index contributed by atoms with van der Waals surface area (Å²) in [6.07, 6.45) is -2.26. The first-order valence-electron chi connectivity index (χ1n) is 6.02. The average molecular weight is 256 g/mol. The van der Waals surface area contributed by atoms with Crippen molar-refractivity contribution in [1.82, 2.24) is 0 Å². The smallest absolute Gasteiger partial charge is 0.294 e. The standard InChI is InChI=1S/C14H15F3O/c1-8-7-11(14(15,16)17)5-6-12(8)13(18)9(2)10-3-4-10/h5-7,9-10H,3-4H2,1-2H3. The molecule has 1 nitrogen and oxygen atoms in total. The van der Waals surface area contributed by atoms with Crippen LogP contribution in [0.15, 0.2) is 18.2 Å². The number of benzene rings is 1. The van der Waals surface area contributed by atoms with Crippen molar-refractivity contribution in [1.29, 1.82) is 0 Å². The fourth-order valence-electron chi connectivity index (χ4n) is 2.17. The second-order valence-electron chi connectivity index (χ2n) is 5.02. The second kappa shape index (κ2) is 4.41. The number of Topliss-reactive ketones (excluding diaryl/α,β-unsaturated/α-hetero) is 1. The van der Waals surface area contributed by atoms with Gasteiger partial charge in [0.25, 0.3) is 0 Å². The first kappa shape index (κ1) is 13.1. The Morgan fingerprint density at radius 2 is 1.94 bits per heavy atom. The quantitative estimate of drug-likeness (QED) is 0.739. The van der Waals surface area contributed by atoms with Gasteiger partial charge in [0.1, 0.15) is 0 Å². The average Bonchev–Trinajstić information content (AvgIpc) is 3.09. The Kier molecular flexibility index (Phi) is 3.21. The molecule has 1 saturated carbocycles. The summed E-state index contributed by atoms with van der Waals surface area (Å²) in [6, 6.07) is 3.34. The van der Waals surface area contributed by atoms with Gasteiger partial charge in [0.15, 0.2) is 5.78 Å². The topological polar surface area (TPSA) is 17.1 Å². The van der Waals surface area contributed by atoms with Gasteiger partial charge in [-0.25, -0.2) is 0 Å². The molecule has 0 saturated heterocycles. The molecule has 4 heteroatoms. The Morgan fingerprint density at radius 3 is 2.39 bits per heavy atom. The van der Waals surface area contributed by atoms with Crippen LogP contribution in [0.3, 0.4) is 0 Å². The third-order valence-corrected chi connectivity index (χ3v) is 3.56. The van der Waals surface area contributed by atoms with Crippen molar-refractivity contribution in [3.05, 3.63) is 34.9 Å². The van der Waals surface area contributed by atoms with E-state index in [9.17, 15) is 18.0 Å². The zero-order valence-electron chi connectivity index (χ0n) is 10.3. The molecule has 18 heavy (non-hydrogen) atoms. The molecular weight excluding hydrogens is 241 g/mol. The van der Waals surface area contributed by atoms with Crippen molar-refractivity contribution < 1.29 is 18.0 Å². The zero-order valence-corrected chi connectivity index (χ0v) is 10.3. The third-order valence-electron chi connectivity index (χ3n) is 3.56. The highest BCUT2D eigenvalue weighted by molar-refractivity contribution is 5.99. The molecule has 0 spiro atoms. The van der Waals surface area contributed by atoms with Crippen molar-refractivity contribution in [3.63, 3.8) is 0 Å². The molecule has 0 radical (unpaired) electrons. The van der Waals surface area contributed by atoms with Crippen molar-refractivity contribution in [2.24, 2.45) is 11.8 Å². The molecule has 0 heterocycles. The van der Waals surface area contributed by atoms with E-state index in [0.717, 1.165) is 25.0 Å². The van der Waals surface area contributed by atoms with E-state index < -0.39 is 11.7 Å². The summed E-state index contributed by atoms with van der Waals surface area (Å²) in [6.45, 7) is 3.42. The molecule has 2 rings (SSSR count). The lowest BCUT2D eigenvalue weighted by Crippen LogP contribution is -2.15. The van der Waals surface area contributed by atoms with Crippen LogP contribution in [0.2, 0.25) is 0 Å². The predicted molar refractivity (Wildman–Crippen MR) is 62.4 cm³/mol. The Bertz CT molecular complexity index is 472. The molecule has 0 N–H and O–H groups in total. The van der Waals surface area contributed by atoms with Gasteiger partial charge in [-0.3, -0.25) is 4.79 Å². The number of carbonyl (C=O) groups is 1. The Hall–Kier alpha value is -1.32. The van der Waals surface area contributed by atoms with Crippen LogP contribution in [-0.4, -0.2) is 5.78 Å². The number of hydrogen-bond donors (Lipinski definition) is 0. The minimum absolute atomic E-state index is 0.0382. The number of alkyl halides is 3. The second-order valence-corrected chi connectivity index (χ2v) is 5.02. The molecule has 1 aromatic rings. The maximum Gasteiger partial charge on any atom is 0.416 e. The van der Waals surface area contributed by atoms with E-state index in [4.69, 9.17) is 0 Å². The van der Waals surface area contributed by atoms with Gasteiger partial charge in [0.05, 0.1) is 5.56 Å². The van der Waals surface area contributed by atoms with Crippen molar-refractivity contribution in [3.8, 4) is 0 Å². The molecule has 0 bridgehead atoms. The summed E-state index contributed by atoms with van der Waals surface area (Å²) in [5, 5.41) is 0. The van der Waals surface area contributed by atoms with Gasteiger partial charge in [-0.1, -0.05) is 13.0 Å². The van der Waals surface area contributed by atoms with Crippen molar-refractivity contribution >= 4 is 5.78 Å². The number of ketones is 1. The molecular formula is C14H15F3O. The zero-order chi connectivity index (χ0) is 13.5. The molecule has 1 aromatic carbocycles. The van der Waals surface area contributed by atoms with E-state index in [-0.39, 0.29) is 11.7 Å². The summed E-state index contributed by atoms with van der Waals surface area (Å²) >= 11 is 0. The molecule has 0 aliphatic heterocycles. The first-order valence-corrected chi connectivity index (χ1v) is 6.02. The maximum atomic E-state index is 12.5. The van der Waals surface area contributed by atoms with E-state index in [1.807, 2.05) is 6.92 Å². The fraction of sp³-hybridized carbons (Fsp3) is 0.500. The lowest BCUT2D eigenvalue weighted by molar-refractivity contribution is -0.137. The summed E-state index contributed by atoms with van der Waals surface area (Å²) < 4.78 is 37.5. The number of hydrogen-bond acceptors (Lipinski definition) is 1. The van der Waals surface area contributed by atoms with Crippen molar-refractivity contribution in [2.45, 2.75) is 32.9 Å². The van der Waals surface area contributed by atoms with E-state index >= 15 is 0 Å². The van der Waals surface area contributed by atoms with Gasteiger partial charge >= 0.3 is 6.18 Å². The van der Waals surface area contributed by atoms with Crippen LogP contribution in [0, 0.1) is 18.8 Å². The summed E-state index contributed by atoms with van der Waals surface area (Å²) in [4.78, 5) is 12.1. The Balaban J connectivity index is 2.27. The van der Waals surface area contributed by atoms with Crippen LogP contribution in [-0.2, 0) is 6.18 Å².